The molecule has 8 heteroatoms. The van der Waals surface area contributed by atoms with Crippen LogP contribution in [0.25, 0.3) is 0 Å². The first-order valence-corrected chi connectivity index (χ1v) is 8.86. The number of carbonyl (C=O) groups is 2. The van der Waals surface area contributed by atoms with Crippen LogP contribution in [0.3, 0.4) is 0 Å². The second-order valence-electron chi connectivity index (χ2n) is 4.70. The third-order valence-electron chi connectivity index (χ3n) is 2.90. The lowest BCUT2D eigenvalue weighted by atomic mass is 10.2. The van der Waals surface area contributed by atoms with Crippen molar-refractivity contribution in [3.05, 3.63) is 46.7 Å². The van der Waals surface area contributed by atoms with Crippen LogP contribution in [0.2, 0.25) is 0 Å². The summed E-state index contributed by atoms with van der Waals surface area (Å²) in [5.41, 5.74) is 5.27. The third kappa shape index (κ3) is 5.40. The molecule has 0 unspecified atom stereocenters. The molecular weight excluding hydrogens is 380 g/mol. The summed E-state index contributed by atoms with van der Waals surface area (Å²) in [6.07, 6.45) is 4.60. The van der Waals surface area contributed by atoms with Gasteiger partial charge in [-0.2, -0.15) is 0 Å². The average Bonchev–Trinajstić information content (AvgIpc) is 2.99. The van der Waals surface area contributed by atoms with Gasteiger partial charge in [-0.05, 0) is 30.7 Å². The zero-order valence-electron chi connectivity index (χ0n) is 12.6. The predicted octanol–water partition coefficient (Wildman–Crippen LogP) is 2.61. The van der Waals surface area contributed by atoms with Crippen molar-refractivity contribution in [3.8, 4) is 0 Å². The summed E-state index contributed by atoms with van der Waals surface area (Å²) in [5.74, 6) is -0.462. The predicted molar refractivity (Wildman–Crippen MR) is 93.0 cm³/mol. The van der Waals surface area contributed by atoms with Gasteiger partial charge in [0.1, 0.15) is 0 Å². The summed E-state index contributed by atoms with van der Waals surface area (Å²) in [6, 6.07) is 6.87. The Kier molecular flexibility index (Phi) is 6.66. The number of hydrogen-bond donors (Lipinski definition) is 2. The Morgan fingerprint density at radius 2 is 2.00 bits per heavy atom. The lowest BCUT2D eigenvalue weighted by Crippen LogP contribution is -2.42. The third-order valence-corrected chi connectivity index (χ3v) is 4.43. The van der Waals surface area contributed by atoms with E-state index in [-0.39, 0.29) is 17.6 Å². The molecular formula is C15H17BrN4O2S. The Morgan fingerprint density at radius 1 is 1.26 bits per heavy atom. The largest absolute Gasteiger partial charge is 0.326 e. The number of nitrogens with one attached hydrogen (secondary N) is 2. The van der Waals surface area contributed by atoms with Gasteiger partial charge in [0.05, 0.1) is 5.75 Å². The highest BCUT2D eigenvalue weighted by molar-refractivity contribution is 9.10. The normalized spacial score (nSPS) is 10.3. The molecule has 0 aliphatic carbocycles. The summed E-state index contributed by atoms with van der Waals surface area (Å²) in [5, 5.41) is 0.793. The Labute approximate surface area is 147 Å². The minimum absolute atomic E-state index is 0.182. The lowest BCUT2D eigenvalue weighted by Gasteiger charge is -2.08. The molecule has 23 heavy (non-hydrogen) atoms. The molecule has 2 rings (SSSR count). The van der Waals surface area contributed by atoms with Gasteiger partial charge in [-0.25, -0.2) is 4.98 Å². The van der Waals surface area contributed by atoms with Crippen LogP contribution in [0.15, 0.2) is 46.3 Å². The highest BCUT2D eigenvalue weighted by Gasteiger charge is 2.09. The monoisotopic (exact) mass is 396 g/mol. The number of imidazole rings is 1. The highest BCUT2D eigenvalue weighted by atomic mass is 79.9. The topological polar surface area (TPSA) is 76.0 Å². The van der Waals surface area contributed by atoms with E-state index in [2.05, 4.69) is 38.7 Å². The lowest BCUT2D eigenvalue weighted by molar-refractivity contribution is -0.119. The Hall–Kier alpha value is -1.80. The number of halogens is 1. The van der Waals surface area contributed by atoms with Gasteiger partial charge < -0.3 is 4.57 Å². The maximum absolute atomic E-state index is 11.9. The molecule has 0 atom stereocenters. The van der Waals surface area contributed by atoms with Gasteiger partial charge in [0, 0.05) is 29.0 Å². The quantitative estimate of drug-likeness (QED) is 0.581. The number of hydrogen-bond acceptors (Lipinski definition) is 4. The maximum atomic E-state index is 11.9. The Bertz CT molecular complexity index is 672. The molecule has 0 aliphatic rings. The molecule has 2 N–H and O–H groups in total. The van der Waals surface area contributed by atoms with Crippen molar-refractivity contribution in [1.82, 2.24) is 20.4 Å². The van der Waals surface area contributed by atoms with Crippen molar-refractivity contribution < 1.29 is 9.59 Å². The molecule has 2 aromatic rings. The second-order valence-corrected chi connectivity index (χ2v) is 6.56. The van der Waals surface area contributed by atoms with E-state index in [0.717, 1.165) is 22.6 Å². The first kappa shape index (κ1) is 17.6. The Balaban J connectivity index is 1.77. The van der Waals surface area contributed by atoms with Crippen molar-refractivity contribution in [3.63, 3.8) is 0 Å². The first-order chi connectivity index (χ1) is 11.1. The van der Waals surface area contributed by atoms with Gasteiger partial charge in [0.2, 0.25) is 5.91 Å². The van der Waals surface area contributed by atoms with E-state index in [4.69, 9.17) is 0 Å². The summed E-state index contributed by atoms with van der Waals surface area (Å²) < 4.78 is 2.88. The average molecular weight is 397 g/mol. The summed E-state index contributed by atoms with van der Waals surface area (Å²) in [7, 11) is 0. The molecule has 2 amide bonds. The van der Waals surface area contributed by atoms with Gasteiger partial charge >= 0.3 is 0 Å². The van der Waals surface area contributed by atoms with E-state index in [1.165, 1.54) is 11.8 Å². The van der Waals surface area contributed by atoms with Gasteiger partial charge in [-0.3, -0.25) is 20.4 Å². The van der Waals surface area contributed by atoms with E-state index in [1.54, 1.807) is 30.5 Å². The number of carbonyl (C=O) groups excluding carboxylic acids is 2. The van der Waals surface area contributed by atoms with Gasteiger partial charge in [-0.1, -0.05) is 34.6 Å². The maximum Gasteiger partial charge on any atom is 0.269 e. The SMILES string of the molecule is CCCn1ccnc1SCC(=O)NNC(=O)c1ccc(Br)cc1. The van der Waals surface area contributed by atoms with E-state index in [9.17, 15) is 9.59 Å². The van der Waals surface area contributed by atoms with Gasteiger partial charge in [0.25, 0.3) is 5.91 Å². The van der Waals surface area contributed by atoms with Crippen LogP contribution >= 0.6 is 27.7 Å². The van der Waals surface area contributed by atoms with Crippen molar-refractivity contribution in [2.45, 2.75) is 25.0 Å². The molecule has 6 nitrogen and oxygen atoms in total. The second kappa shape index (κ2) is 8.73. The van der Waals surface area contributed by atoms with Crippen LogP contribution in [-0.4, -0.2) is 27.1 Å². The molecule has 1 heterocycles. The molecule has 0 fully saturated rings. The van der Waals surface area contributed by atoms with Crippen LogP contribution in [0, 0.1) is 0 Å². The van der Waals surface area contributed by atoms with E-state index in [1.807, 2.05) is 10.8 Å². The first-order valence-electron chi connectivity index (χ1n) is 7.09. The van der Waals surface area contributed by atoms with E-state index >= 15 is 0 Å². The zero-order valence-corrected chi connectivity index (χ0v) is 15.0. The number of amides is 2. The summed E-state index contributed by atoms with van der Waals surface area (Å²) >= 11 is 4.63. The molecule has 0 bridgehead atoms. The van der Waals surface area contributed by atoms with E-state index in [0.29, 0.717) is 5.56 Å². The molecule has 1 aromatic heterocycles. The fourth-order valence-electron chi connectivity index (χ4n) is 1.81. The van der Waals surface area contributed by atoms with Crippen molar-refractivity contribution in [1.29, 1.82) is 0 Å². The molecule has 0 radical (unpaired) electrons. The minimum atomic E-state index is -0.358. The van der Waals surface area contributed by atoms with E-state index < -0.39 is 0 Å². The number of aryl methyl sites for hydroxylation is 1. The van der Waals surface area contributed by atoms with Gasteiger partial charge in [0.15, 0.2) is 5.16 Å². The number of thioether (sulfide) groups is 1. The van der Waals surface area contributed by atoms with Crippen LogP contribution < -0.4 is 10.9 Å². The van der Waals surface area contributed by atoms with Crippen LogP contribution in [-0.2, 0) is 11.3 Å². The van der Waals surface area contributed by atoms with Crippen molar-refractivity contribution >= 4 is 39.5 Å². The number of nitrogens with zero attached hydrogens (tertiary/aromatic N) is 2. The highest BCUT2D eigenvalue weighted by Crippen LogP contribution is 2.15. The number of aromatic nitrogens is 2. The van der Waals surface area contributed by atoms with Gasteiger partial charge in [-0.15, -0.1) is 0 Å². The molecule has 0 saturated heterocycles. The molecule has 0 saturated carbocycles. The zero-order chi connectivity index (χ0) is 16.7. The molecule has 0 aliphatic heterocycles. The van der Waals surface area contributed by atoms with Crippen molar-refractivity contribution in [2.24, 2.45) is 0 Å². The standard InChI is InChI=1S/C15H17BrN4O2S/c1-2-8-20-9-7-17-15(20)23-10-13(21)18-19-14(22)11-3-5-12(16)6-4-11/h3-7,9H,2,8,10H2,1H3,(H,18,21)(H,19,22). The number of benzene rings is 1. The fraction of sp³-hybridized carbons (Fsp3) is 0.267. The van der Waals surface area contributed by atoms with Crippen LogP contribution in [0.4, 0.5) is 0 Å². The minimum Gasteiger partial charge on any atom is -0.326 e. The van der Waals surface area contributed by atoms with Crippen LogP contribution in [0.1, 0.15) is 23.7 Å². The fourth-order valence-corrected chi connectivity index (χ4v) is 2.86. The molecule has 1 aromatic carbocycles. The summed E-state index contributed by atoms with van der Waals surface area (Å²) in [4.78, 5) is 27.9. The summed E-state index contributed by atoms with van der Waals surface area (Å²) in [6.45, 7) is 2.95. The smallest absolute Gasteiger partial charge is 0.269 e. The molecule has 0 spiro atoms. The Morgan fingerprint density at radius 3 is 2.70 bits per heavy atom. The van der Waals surface area contributed by atoms with Crippen LogP contribution in [0.5, 0.6) is 0 Å². The number of hydrazine groups is 1. The number of rotatable bonds is 6. The molecule has 122 valence electrons. The van der Waals surface area contributed by atoms with Crippen molar-refractivity contribution in [2.75, 3.05) is 5.75 Å².